The second-order valence-corrected chi connectivity index (χ2v) is 11.0. The van der Waals surface area contributed by atoms with Crippen LogP contribution in [0.15, 0.2) is 29.2 Å². The normalized spacial score (nSPS) is 29.3. The highest BCUT2D eigenvalue weighted by molar-refractivity contribution is 5.94. The summed E-state index contributed by atoms with van der Waals surface area (Å²) in [5.74, 6) is -0.0762. The van der Waals surface area contributed by atoms with E-state index in [0.29, 0.717) is 60.0 Å². The van der Waals surface area contributed by atoms with Gasteiger partial charge < -0.3 is 35.5 Å². The maximum atomic E-state index is 15.0. The van der Waals surface area contributed by atoms with Crippen molar-refractivity contribution in [1.29, 1.82) is 0 Å². The number of carbonyl (C=O) groups excluding carboxylic acids is 1. The highest BCUT2D eigenvalue weighted by Crippen LogP contribution is 2.51. The SMILES string of the molecule is Nc1cc2c(nc1CNC13CCC(C[C@]4(O)Cn5c(=O)ccc6ncc(F)c4c65)(CC1)OC3)NC(=O)CO2. The fourth-order valence-corrected chi connectivity index (χ4v) is 6.55. The van der Waals surface area contributed by atoms with Crippen LogP contribution in [0.4, 0.5) is 15.9 Å². The Labute approximate surface area is 216 Å². The van der Waals surface area contributed by atoms with Gasteiger partial charge in [0.25, 0.3) is 11.5 Å². The molecular weight excluding hydrogens is 495 g/mol. The van der Waals surface area contributed by atoms with Crippen LogP contribution in [-0.4, -0.2) is 49.9 Å². The first-order valence-electron chi connectivity index (χ1n) is 12.7. The number of ether oxygens (including phenoxy) is 2. The van der Waals surface area contributed by atoms with Gasteiger partial charge in [-0.3, -0.25) is 14.6 Å². The average Bonchev–Trinajstić information content (AvgIpc) is 3.22. The molecule has 7 heterocycles. The van der Waals surface area contributed by atoms with Gasteiger partial charge in [0.1, 0.15) is 11.4 Å². The maximum Gasteiger partial charge on any atom is 0.263 e. The predicted molar refractivity (Wildman–Crippen MR) is 134 cm³/mol. The van der Waals surface area contributed by atoms with Crippen molar-refractivity contribution in [1.82, 2.24) is 19.9 Å². The van der Waals surface area contributed by atoms with Crippen LogP contribution in [-0.2, 0) is 28.2 Å². The van der Waals surface area contributed by atoms with E-state index in [-0.39, 0.29) is 42.1 Å². The van der Waals surface area contributed by atoms with Crippen LogP contribution in [0.2, 0.25) is 0 Å². The summed E-state index contributed by atoms with van der Waals surface area (Å²) in [5, 5.41) is 18.0. The molecule has 11 nitrogen and oxygen atoms in total. The molecule has 2 saturated heterocycles. The molecule has 5 N–H and O–H groups in total. The van der Waals surface area contributed by atoms with Crippen molar-refractivity contribution in [3.63, 3.8) is 0 Å². The number of carbonyl (C=O) groups is 1. The van der Waals surface area contributed by atoms with E-state index in [0.717, 1.165) is 19.0 Å². The summed E-state index contributed by atoms with van der Waals surface area (Å²) in [7, 11) is 0. The van der Waals surface area contributed by atoms with Crippen molar-refractivity contribution in [2.24, 2.45) is 0 Å². The number of nitrogen functional groups attached to an aromatic ring is 1. The molecule has 2 bridgehead atoms. The average molecular weight is 523 g/mol. The van der Waals surface area contributed by atoms with Crippen molar-refractivity contribution in [2.45, 2.75) is 61.9 Å². The largest absolute Gasteiger partial charge is 0.480 e. The van der Waals surface area contributed by atoms with Gasteiger partial charge >= 0.3 is 0 Å². The minimum atomic E-state index is -1.57. The van der Waals surface area contributed by atoms with Gasteiger partial charge in [0.2, 0.25) is 0 Å². The number of nitrogens with zero attached hydrogens (tertiary/aromatic N) is 3. The molecule has 1 atom stereocenters. The molecular formula is C26H27FN6O5. The molecule has 1 saturated carbocycles. The molecule has 3 aromatic heterocycles. The van der Waals surface area contributed by atoms with E-state index in [1.807, 2.05) is 0 Å². The zero-order valence-corrected chi connectivity index (χ0v) is 20.6. The van der Waals surface area contributed by atoms with Gasteiger partial charge in [-0.15, -0.1) is 0 Å². The number of aliphatic hydroxyl groups is 1. The van der Waals surface area contributed by atoms with Gasteiger partial charge in [0.15, 0.2) is 18.2 Å². The third-order valence-corrected chi connectivity index (χ3v) is 8.57. The van der Waals surface area contributed by atoms with Crippen molar-refractivity contribution in [2.75, 3.05) is 24.3 Å². The lowest BCUT2D eigenvalue weighted by molar-refractivity contribution is -0.192. The number of hydrogen-bond donors (Lipinski definition) is 4. The van der Waals surface area contributed by atoms with Gasteiger partial charge in [0, 0.05) is 36.2 Å². The number of fused-ring (bicyclic) bond motifs is 4. The first kappa shape index (κ1) is 23.5. The van der Waals surface area contributed by atoms with Crippen molar-refractivity contribution in [3.8, 4) is 5.75 Å². The Bertz CT molecular complexity index is 1550. The molecule has 1 aliphatic carbocycles. The Balaban J connectivity index is 1.08. The van der Waals surface area contributed by atoms with Crippen molar-refractivity contribution in [3.05, 3.63) is 51.8 Å². The zero-order chi connectivity index (χ0) is 26.3. The molecule has 198 valence electrons. The molecule has 0 spiro atoms. The number of hydrogen-bond acceptors (Lipinski definition) is 9. The quantitative estimate of drug-likeness (QED) is 0.388. The zero-order valence-electron chi connectivity index (χ0n) is 20.6. The Morgan fingerprint density at radius 2 is 2.05 bits per heavy atom. The van der Waals surface area contributed by atoms with Crippen molar-refractivity contribution < 1.29 is 23.8 Å². The minimum absolute atomic E-state index is 0.0286. The number of aromatic nitrogens is 3. The summed E-state index contributed by atoms with van der Waals surface area (Å²) < 4.78 is 28.2. The van der Waals surface area contributed by atoms with E-state index >= 15 is 4.39 Å². The van der Waals surface area contributed by atoms with E-state index in [1.165, 1.54) is 10.6 Å². The first-order valence-corrected chi connectivity index (χ1v) is 12.7. The van der Waals surface area contributed by atoms with Crippen molar-refractivity contribution >= 4 is 28.4 Å². The Morgan fingerprint density at radius 1 is 1.24 bits per heavy atom. The van der Waals surface area contributed by atoms with Crippen LogP contribution in [0.25, 0.3) is 11.0 Å². The molecule has 3 fully saturated rings. The van der Waals surface area contributed by atoms with E-state index in [1.54, 1.807) is 12.1 Å². The second-order valence-electron chi connectivity index (χ2n) is 11.0. The van der Waals surface area contributed by atoms with E-state index in [2.05, 4.69) is 20.6 Å². The van der Waals surface area contributed by atoms with Crippen LogP contribution < -0.4 is 26.7 Å². The molecule has 5 aliphatic rings. The molecule has 0 aromatic carbocycles. The Hall–Kier alpha value is -3.61. The summed E-state index contributed by atoms with van der Waals surface area (Å²) >= 11 is 0. The maximum absolute atomic E-state index is 15.0. The summed E-state index contributed by atoms with van der Waals surface area (Å²) in [5.41, 5.74) is 5.44. The van der Waals surface area contributed by atoms with E-state index in [9.17, 15) is 14.7 Å². The number of pyridine rings is 3. The summed E-state index contributed by atoms with van der Waals surface area (Å²) in [6.45, 7) is 0.701. The Morgan fingerprint density at radius 3 is 2.82 bits per heavy atom. The van der Waals surface area contributed by atoms with Crippen LogP contribution in [0.3, 0.4) is 0 Å². The fraction of sp³-hybridized carbons (Fsp3) is 0.462. The summed E-state index contributed by atoms with van der Waals surface area (Å²) in [6.07, 6.45) is 4.20. The number of halogens is 1. The number of nitrogens with two attached hydrogens (primary N) is 1. The topological polar surface area (TPSA) is 154 Å². The lowest BCUT2D eigenvalue weighted by Crippen LogP contribution is -2.62. The van der Waals surface area contributed by atoms with Gasteiger partial charge in [-0.05, 0) is 31.7 Å². The molecule has 0 unspecified atom stereocenters. The van der Waals surface area contributed by atoms with Crippen LogP contribution >= 0.6 is 0 Å². The highest BCUT2D eigenvalue weighted by Gasteiger charge is 2.55. The third-order valence-electron chi connectivity index (χ3n) is 8.57. The molecule has 38 heavy (non-hydrogen) atoms. The first-order chi connectivity index (χ1) is 18.2. The molecule has 0 radical (unpaired) electrons. The number of nitrogens with one attached hydrogen (secondary N) is 2. The molecule has 12 heteroatoms. The minimum Gasteiger partial charge on any atom is -0.480 e. The smallest absolute Gasteiger partial charge is 0.263 e. The van der Waals surface area contributed by atoms with Gasteiger partial charge in [-0.1, -0.05) is 0 Å². The van der Waals surface area contributed by atoms with Crippen LogP contribution in [0.1, 0.15) is 43.4 Å². The van der Waals surface area contributed by atoms with E-state index < -0.39 is 17.0 Å². The lowest BCUT2D eigenvalue weighted by Gasteiger charge is -2.55. The molecule has 1 amide bonds. The number of rotatable bonds is 5. The van der Waals surface area contributed by atoms with Crippen LogP contribution in [0.5, 0.6) is 5.75 Å². The van der Waals surface area contributed by atoms with Gasteiger partial charge in [-0.25, -0.2) is 9.37 Å². The predicted octanol–water partition coefficient (Wildman–Crippen LogP) is 1.31. The Kier molecular flexibility index (Phi) is 4.92. The lowest BCUT2D eigenvalue weighted by atomic mass is 9.67. The fourth-order valence-electron chi connectivity index (χ4n) is 6.55. The standard InChI is InChI=1S/C26H27FN6O5/c27-14-8-29-16-1-2-20(35)33-12-26(36,21(14)22(16)33)11-25-5-3-24(4-6-25,13-38-25)30-9-17-15(28)7-18-23(31-17)32-19(34)10-37-18/h1-2,7-8,30,36H,3-6,9-13,28H2,(H,31,32,34)/t24?,25?,26-/m0/s1. The monoisotopic (exact) mass is 522 g/mol. The van der Waals surface area contributed by atoms with Crippen LogP contribution in [0, 0.1) is 5.82 Å². The van der Waals surface area contributed by atoms with E-state index in [4.69, 9.17) is 15.2 Å². The second kappa shape index (κ2) is 7.95. The highest BCUT2D eigenvalue weighted by atomic mass is 19.1. The number of anilines is 2. The molecule has 8 rings (SSSR count). The third kappa shape index (κ3) is 3.51. The van der Waals surface area contributed by atoms with Gasteiger partial charge in [0.05, 0.1) is 47.4 Å². The summed E-state index contributed by atoms with van der Waals surface area (Å²) in [4.78, 5) is 32.8. The summed E-state index contributed by atoms with van der Waals surface area (Å²) in [6, 6.07) is 4.62. The molecule has 3 aromatic rings. The number of amides is 1. The van der Waals surface area contributed by atoms with Gasteiger partial charge in [-0.2, -0.15) is 0 Å². The molecule has 4 aliphatic heterocycles.